The first kappa shape index (κ1) is 20.8. The lowest BCUT2D eigenvalue weighted by Crippen LogP contribution is -2.56. The summed E-state index contributed by atoms with van der Waals surface area (Å²) in [5, 5.41) is 0. The van der Waals surface area contributed by atoms with Crippen molar-refractivity contribution in [2.24, 2.45) is 40.4 Å². The number of allylic oxidation sites excluding steroid dienone is 1. The van der Waals surface area contributed by atoms with Gasteiger partial charge in [-0.25, -0.2) is 0 Å². The fourth-order valence-corrected chi connectivity index (χ4v) is 8.61. The molecule has 0 spiro atoms. The van der Waals surface area contributed by atoms with Crippen LogP contribution >= 0.6 is 11.6 Å². The molecule has 2 nitrogen and oxygen atoms in total. The molecule has 0 unspecified atom stereocenters. The predicted molar refractivity (Wildman–Crippen MR) is 115 cm³/mol. The lowest BCUT2D eigenvalue weighted by Gasteiger charge is -2.62. The molecule has 0 aliphatic heterocycles. The van der Waals surface area contributed by atoms with E-state index in [0.29, 0.717) is 23.0 Å². The summed E-state index contributed by atoms with van der Waals surface area (Å²) in [4.78, 5) is 12.3. The zero-order valence-corrected chi connectivity index (χ0v) is 19.1. The molecule has 0 radical (unpaired) electrons. The van der Waals surface area contributed by atoms with Crippen molar-refractivity contribution in [3.8, 4) is 0 Å². The van der Waals surface area contributed by atoms with Gasteiger partial charge >= 0.3 is 0 Å². The van der Waals surface area contributed by atoms with Crippen LogP contribution in [0.4, 0.5) is 0 Å². The maximum atomic E-state index is 12.3. The molecule has 8 atom stereocenters. The van der Waals surface area contributed by atoms with E-state index in [1.165, 1.54) is 38.5 Å². The van der Waals surface area contributed by atoms with Gasteiger partial charge in [0, 0.05) is 5.92 Å². The molecule has 158 valence electrons. The highest BCUT2D eigenvalue weighted by Crippen LogP contribution is 2.68. The average Bonchev–Trinajstić information content (AvgIpc) is 2.99. The minimum Gasteiger partial charge on any atom is -0.491 e. The summed E-state index contributed by atoms with van der Waals surface area (Å²) < 4.78 is 6.22. The third-order valence-electron chi connectivity index (χ3n) is 9.97. The fourth-order valence-electron chi connectivity index (χ4n) is 8.55. The van der Waals surface area contributed by atoms with Crippen molar-refractivity contribution in [1.82, 2.24) is 0 Å². The van der Waals surface area contributed by atoms with Gasteiger partial charge in [-0.2, -0.15) is 0 Å². The van der Waals surface area contributed by atoms with E-state index in [-0.39, 0.29) is 11.0 Å². The Morgan fingerprint density at radius 3 is 2.39 bits per heavy atom. The van der Waals surface area contributed by atoms with E-state index in [0.717, 1.165) is 48.7 Å². The lowest BCUT2D eigenvalue weighted by molar-refractivity contribution is -0.154. The number of hydrogen-bond acceptors (Lipinski definition) is 2. The normalized spacial score (nSPS) is 50.2. The number of ketones is 1. The van der Waals surface area contributed by atoms with Crippen LogP contribution in [0.3, 0.4) is 0 Å². The maximum Gasteiger partial charge on any atom is 0.133 e. The van der Waals surface area contributed by atoms with Gasteiger partial charge in [0.2, 0.25) is 0 Å². The van der Waals surface area contributed by atoms with Crippen LogP contribution < -0.4 is 0 Å². The molecule has 4 aliphatic rings. The van der Waals surface area contributed by atoms with Crippen LogP contribution in [-0.2, 0) is 9.53 Å². The minimum atomic E-state index is -0.0980. The van der Waals surface area contributed by atoms with Crippen LogP contribution in [0.2, 0.25) is 0 Å². The Kier molecular flexibility index (Phi) is 5.21. The van der Waals surface area contributed by atoms with Crippen LogP contribution in [-0.4, -0.2) is 17.3 Å². The monoisotopic (exact) mass is 406 g/mol. The van der Waals surface area contributed by atoms with Crippen molar-refractivity contribution in [2.75, 3.05) is 5.88 Å². The van der Waals surface area contributed by atoms with Gasteiger partial charge in [-0.15, -0.1) is 11.6 Å². The molecular formula is C25H39ClO2. The summed E-state index contributed by atoms with van der Waals surface area (Å²) in [5.41, 5.74) is 0.601. The Morgan fingerprint density at radius 1 is 1.00 bits per heavy atom. The minimum absolute atomic E-state index is 0.0980. The molecule has 4 aliphatic carbocycles. The number of Topliss-reactive ketones (excluding diaryl/α,β-unsaturated/α-hetero) is 1. The van der Waals surface area contributed by atoms with Gasteiger partial charge in [0.1, 0.15) is 17.1 Å². The summed E-state index contributed by atoms with van der Waals surface area (Å²) in [7, 11) is 0. The van der Waals surface area contributed by atoms with E-state index in [9.17, 15) is 4.79 Å². The van der Waals surface area contributed by atoms with Crippen molar-refractivity contribution in [1.29, 1.82) is 0 Å². The molecule has 0 aromatic carbocycles. The van der Waals surface area contributed by atoms with Gasteiger partial charge in [-0.1, -0.05) is 20.4 Å². The number of rotatable bonds is 4. The molecule has 28 heavy (non-hydrogen) atoms. The third-order valence-corrected chi connectivity index (χ3v) is 10.3. The zero-order valence-electron chi connectivity index (χ0n) is 18.4. The van der Waals surface area contributed by atoms with Gasteiger partial charge in [-0.05, 0) is 106 Å². The topological polar surface area (TPSA) is 26.3 Å². The summed E-state index contributed by atoms with van der Waals surface area (Å²) in [6, 6.07) is 0. The first-order valence-electron chi connectivity index (χ1n) is 11.6. The molecular weight excluding hydrogens is 368 g/mol. The Balaban J connectivity index is 1.53. The van der Waals surface area contributed by atoms with Crippen LogP contribution in [0.1, 0.15) is 85.5 Å². The molecule has 0 aromatic rings. The SMILES string of the molecule is C=C(CCl)O[C@]1(C)CC[C@@]2(C)[C@@H](CC[C@@H]3[C@@H]2CC[C@]2(C)[C@@H](C(C)=O)CC[C@@H]32)C1. The van der Waals surface area contributed by atoms with Gasteiger partial charge in [0.05, 0.1) is 5.88 Å². The van der Waals surface area contributed by atoms with E-state index < -0.39 is 0 Å². The van der Waals surface area contributed by atoms with Gasteiger partial charge < -0.3 is 4.74 Å². The average molecular weight is 407 g/mol. The summed E-state index contributed by atoms with van der Waals surface area (Å²) in [5.74, 6) is 5.02. The largest absolute Gasteiger partial charge is 0.491 e. The fraction of sp³-hybridized carbons (Fsp3) is 0.880. The molecule has 3 heteroatoms. The van der Waals surface area contributed by atoms with Gasteiger partial charge in [0.15, 0.2) is 0 Å². The maximum absolute atomic E-state index is 12.3. The van der Waals surface area contributed by atoms with Crippen LogP contribution in [0.5, 0.6) is 0 Å². The molecule has 0 N–H and O–H groups in total. The molecule has 0 amide bonds. The Morgan fingerprint density at radius 2 is 1.71 bits per heavy atom. The second kappa shape index (κ2) is 7.03. The molecule has 4 fully saturated rings. The molecule has 4 rings (SSSR count). The standard InChI is InChI=1S/C25H39ClO2/c1-16(15-26)28-23(3)12-13-24(4)18(14-23)6-7-19-21-9-8-20(17(2)27)25(21,5)11-10-22(19)24/h18-22H,1,6-15H2,2-5H3/t18-,19-,20+,21-,22-,23+,24-,25+/m0/s1. The highest BCUT2D eigenvalue weighted by molar-refractivity contribution is 6.19. The first-order chi connectivity index (χ1) is 13.1. The second-order valence-electron chi connectivity index (χ2n) is 11.4. The predicted octanol–water partition coefficient (Wildman–Crippen LogP) is 6.76. The quantitative estimate of drug-likeness (QED) is 0.380. The van der Waals surface area contributed by atoms with E-state index in [1.54, 1.807) is 0 Å². The second-order valence-corrected chi connectivity index (χ2v) is 11.6. The third kappa shape index (κ3) is 3.08. The van der Waals surface area contributed by atoms with Gasteiger partial charge in [0.25, 0.3) is 0 Å². The van der Waals surface area contributed by atoms with E-state index >= 15 is 0 Å². The number of carbonyl (C=O) groups is 1. The number of ether oxygens (including phenoxy) is 1. The zero-order chi connectivity index (χ0) is 20.3. The lowest BCUT2D eigenvalue weighted by atomic mass is 9.44. The highest BCUT2D eigenvalue weighted by Gasteiger charge is 2.61. The number of hydrogen-bond donors (Lipinski definition) is 0. The summed E-state index contributed by atoms with van der Waals surface area (Å²) in [6.45, 7) is 13.1. The van der Waals surface area contributed by atoms with E-state index in [4.69, 9.17) is 16.3 Å². The molecule has 0 bridgehead atoms. The molecule has 0 saturated heterocycles. The van der Waals surface area contributed by atoms with Crippen molar-refractivity contribution in [3.63, 3.8) is 0 Å². The molecule has 0 aromatic heterocycles. The molecule has 0 heterocycles. The number of halogens is 1. The Labute approximate surface area is 176 Å². The first-order valence-corrected chi connectivity index (χ1v) is 12.1. The highest BCUT2D eigenvalue weighted by atomic mass is 35.5. The van der Waals surface area contributed by atoms with E-state index in [2.05, 4.69) is 27.4 Å². The van der Waals surface area contributed by atoms with Gasteiger partial charge in [-0.3, -0.25) is 4.79 Å². The van der Waals surface area contributed by atoms with Crippen LogP contribution in [0.15, 0.2) is 12.3 Å². The summed E-state index contributed by atoms with van der Waals surface area (Å²) in [6.07, 6.45) is 11.2. The van der Waals surface area contributed by atoms with Crippen LogP contribution in [0.25, 0.3) is 0 Å². The Hall–Kier alpha value is -0.500. The van der Waals surface area contributed by atoms with E-state index in [1.807, 2.05) is 6.92 Å². The van der Waals surface area contributed by atoms with Crippen molar-refractivity contribution in [3.05, 3.63) is 12.3 Å². The van der Waals surface area contributed by atoms with Crippen molar-refractivity contribution in [2.45, 2.75) is 91.1 Å². The Bertz CT molecular complexity index is 659. The van der Waals surface area contributed by atoms with Crippen molar-refractivity contribution >= 4 is 17.4 Å². The number of alkyl halides is 1. The van der Waals surface area contributed by atoms with Crippen LogP contribution in [0, 0.1) is 40.4 Å². The molecule has 4 saturated carbocycles. The smallest absolute Gasteiger partial charge is 0.133 e. The summed E-state index contributed by atoms with van der Waals surface area (Å²) >= 11 is 5.94. The number of fused-ring (bicyclic) bond motifs is 5. The van der Waals surface area contributed by atoms with Crippen molar-refractivity contribution < 1.29 is 9.53 Å². The number of carbonyl (C=O) groups excluding carboxylic acids is 1.